The standard InChI is InChI=1S/C23H24N4O2/c1-15-7-5-6-8-20(15)23(4)21(28)26(22(29)24-23)14-18-9-11-19(12-10-18)27-17(3)13-16(2)25-27/h5-13H,14H2,1-4H3,(H,24,29). The number of rotatable bonds is 4. The van der Waals surface area contributed by atoms with Crippen LogP contribution in [0.15, 0.2) is 54.6 Å². The van der Waals surface area contributed by atoms with Gasteiger partial charge in [0.1, 0.15) is 5.54 Å². The molecule has 4 rings (SSSR count). The van der Waals surface area contributed by atoms with Gasteiger partial charge in [0.05, 0.1) is 17.9 Å². The Morgan fingerprint density at radius 1 is 1.00 bits per heavy atom. The molecule has 29 heavy (non-hydrogen) atoms. The van der Waals surface area contributed by atoms with Gasteiger partial charge in [0.25, 0.3) is 5.91 Å². The van der Waals surface area contributed by atoms with Crippen molar-refractivity contribution in [3.8, 4) is 5.69 Å². The van der Waals surface area contributed by atoms with Gasteiger partial charge in [0.2, 0.25) is 0 Å². The van der Waals surface area contributed by atoms with Gasteiger partial charge in [-0.1, -0.05) is 36.4 Å². The maximum absolute atomic E-state index is 13.2. The fourth-order valence-electron chi connectivity index (χ4n) is 3.97. The molecule has 3 aromatic rings. The van der Waals surface area contributed by atoms with Gasteiger partial charge >= 0.3 is 6.03 Å². The van der Waals surface area contributed by atoms with Crippen LogP contribution in [0.3, 0.4) is 0 Å². The monoisotopic (exact) mass is 388 g/mol. The minimum absolute atomic E-state index is 0.226. The fraction of sp³-hybridized carbons (Fsp3) is 0.261. The van der Waals surface area contributed by atoms with E-state index in [1.807, 2.05) is 80.1 Å². The van der Waals surface area contributed by atoms with Crippen molar-refractivity contribution in [1.82, 2.24) is 20.0 Å². The van der Waals surface area contributed by atoms with Crippen LogP contribution in [0, 0.1) is 20.8 Å². The second-order valence-electron chi connectivity index (χ2n) is 7.77. The molecule has 1 unspecified atom stereocenters. The normalized spacial score (nSPS) is 19.0. The molecule has 6 nitrogen and oxygen atoms in total. The minimum atomic E-state index is -1.05. The highest BCUT2D eigenvalue weighted by molar-refractivity contribution is 6.07. The highest BCUT2D eigenvalue weighted by Crippen LogP contribution is 2.31. The van der Waals surface area contributed by atoms with E-state index in [0.717, 1.165) is 33.8 Å². The lowest BCUT2D eigenvalue weighted by Crippen LogP contribution is -2.41. The Labute approximate surface area is 170 Å². The van der Waals surface area contributed by atoms with Gasteiger partial charge < -0.3 is 5.32 Å². The Morgan fingerprint density at radius 3 is 2.31 bits per heavy atom. The lowest BCUT2D eigenvalue weighted by Gasteiger charge is -2.24. The number of carbonyl (C=O) groups is 2. The molecule has 1 N–H and O–H groups in total. The summed E-state index contributed by atoms with van der Waals surface area (Å²) in [5.74, 6) is -0.237. The second kappa shape index (κ2) is 6.88. The number of aryl methyl sites for hydroxylation is 3. The molecule has 0 aliphatic carbocycles. The van der Waals surface area contributed by atoms with Crippen LogP contribution in [0.25, 0.3) is 5.69 Å². The number of imide groups is 1. The Balaban J connectivity index is 1.57. The summed E-state index contributed by atoms with van der Waals surface area (Å²) >= 11 is 0. The number of nitrogens with zero attached hydrogens (tertiary/aromatic N) is 3. The van der Waals surface area contributed by atoms with Crippen molar-refractivity contribution in [1.29, 1.82) is 0 Å². The molecule has 1 fully saturated rings. The highest BCUT2D eigenvalue weighted by Gasteiger charge is 2.49. The second-order valence-corrected chi connectivity index (χ2v) is 7.77. The zero-order chi connectivity index (χ0) is 20.8. The molecule has 0 saturated carbocycles. The molecule has 0 bridgehead atoms. The molecule has 2 aromatic carbocycles. The number of benzene rings is 2. The molecule has 0 radical (unpaired) electrons. The summed E-state index contributed by atoms with van der Waals surface area (Å²) in [5.41, 5.74) is 4.58. The topological polar surface area (TPSA) is 67.2 Å². The van der Waals surface area contributed by atoms with Crippen molar-refractivity contribution in [3.63, 3.8) is 0 Å². The van der Waals surface area contributed by atoms with Crippen LogP contribution in [-0.4, -0.2) is 26.6 Å². The summed E-state index contributed by atoms with van der Waals surface area (Å²) in [6, 6.07) is 17.0. The number of carbonyl (C=O) groups excluding carboxylic acids is 2. The van der Waals surface area contributed by atoms with Crippen LogP contribution >= 0.6 is 0 Å². The Hall–Kier alpha value is -3.41. The highest BCUT2D eigenvalue weighted by atomic mass is 16.2. The van der Waals surface area contributed by atoms with Crippen LogP contribution in [0.5, 0.6) is 0 Å². The summed E-state index contributed by atoms with van der Waals surface area (Å²) in [7, 11) is 0. The average Bonchev–Trinajstić information content (AvgIpc) is 3.13. The molecule has 148 valence electrons. The number of hydrogen-bond donors (Lipinski definition) is 1. The van der Waals surface area contributed by atoms with Crippen LogP contribution in [0.1, 0.15) is 35.0 Å². The number of urea groups is 1. The van der Waals surface area contributed by atoms with Gasteiger partial charge in [-0.15, -0.1) is 0 Å². The van der Waals surface area contributed by atoms with Crippen LogP contribution in [-0.2, 0) is 16.9 Å². The maximum Gasteiger partial charge on any atom is 0.325 e. The van der Waals surface area contributed by atoms with Crippen molar-refractivity contribution in [2.24, 2.45) is 0 Å². The molecule has 1 atom stereocenters. The van der Waals surface area contributed by atoms with Crippen molar-refractivity contribution in [3.05, 3.63) is 82.7 Å². The first-order valence-corrected chi connectivity index (χ1v) is 9.62. The van der Waals surface area contributed by atoms with Gasteiger partial charge in [-0.25, -0.2) is 9.48 Å². The summed E-state index contributed by atoms with van der Waals surface area (Å²) < 4.78 is 1.88. The van der Waals surface area contributed by atoms with Gasteiger partial charge in [0, 0.05) is 5.69 Å². The number of amides is 3. The minimum Gasteiger partial charge on any atom is -0.319 e. The van der Waals surface area contributed by atoms with Gasteiger partial charge in [-0.05, 0) is 62.6 Å². The Bertz CT molecular complexity index is 1100. The number of hydrogen-bond acceptors (Lipinski definition) is 3. The first-order chi connectivity index (χ1) is 13.8. The summed E-state index contributed by atoms with van der Waals surface area (Å²) in [4.78, 5) is 27.0. The summed E-state index contributed by atoms with van der Waals surface area (Å²) in [6.07, 6.45) is 0. The van der Waals surface area contributed by atoms with E-state index in [1.165, 1.54) is 4.90 Å². The SMILES string of the molecule is Cc1cc(C)n(-c2ccc(CN3C(=O)NC(C)(c4ccccc4C)C3=O)cc2)n1. The predicted molar refractivity (Wildman–Crippen MR) is 111 cm³/mol. The molecule has 0 spiro atoms. The number of aromatic nitrogens is 2. The Morgan fingerprint density at radius 2 is 1.69 bits per heavy atom. The molecule has 1 aromatic heterocycles. The first kappa shape index (κ1) is 18.9. The van der Waals surface area contributed by atoms with Gasteiger partial charge in [0.15, 0.2) is 0 Å². The average molecular weight is 388 g/mol. The first-order valence-electron chi connectivity index (χ1n) is 9.62. The number of nitrogens with one attached hydrogen (secondary N) is 1. The smallest absolute Gasteiger partial charge is 0.319 e. The van der Waals surface area contributed by atoms with E-state index in [-0.39, 0.29) is 18.5 Å². The summed E-state index contributed by atoms with van der Waals surface area (Å²) in [5, 5.41) is 7.36. The third kappa shape index (κ3) is 3.20. The van der Waals surface area contributed by atoms with Gasteiger partial charge in [-0.2, -0.15) is 5.10 Å². The maximum atomic E-state index is 13.2. The molecule has 3 amide bonds. The van der Waals surface area contributed by atoms with Crippen LogP contribution < -0.4 is 5.32 Å². The zero-order valence-electron chi connectivity index (χ0n) is 17.1. The summed E-state index contributed by atoms with van der Waals surface area (Å²) in [6.45, 7) is 7.90. The van der Waals surface area contributed by atoms with Gasteiger partial charge in [-0.3, -0.25) is 9.69 Å². The van der Waals surface area contributed by atoms with E-state index in [2.05, 4.69) is 10.4 Å². The van der Waals surface area contributed by atoms with E-state index in [4.69, 9.17) is 0 Å². The largest absolute Gasteiger partial charge is 0.325 e. The van der Waals surface area contributed by atoms with Crippen molar-refractivity contribution in [2.75, 3.05) is 0 Å². The van der Waals surface area contributed by atoms with Crippen molar-refractivity contribution < 1.29 is 9.59 Å². The third-order valence-corrected chi connectivity index (χ3v) is 5.49. The molecule has 1 saturated heterocycles. The van der Waals surface area contributed by atoms with E-state index >= 15 is 0 Å². The quantitative estimate of drug-likeness (QED) is 0.692. The molecule has 1 aliphatic heterocycles. The van der Waals surface area contributed by atoms with E-state index in [1.54, 1.807) is 6.92 Å². The van der Waals surface area contributed by atoms with Crippen molar-refractivity contribution in [2.45, 2.75) is 39.8 Å². The van der Waals surface area contributed by atoms with E-state index < -0.39 is 5.54 Å². The molecular weight excluding hydrogens is 364 g/mol. The lowest BCUT2D eigenvalue weighted by atomic mass is 9.88. The third-order valence-electron chi connectivity index (χ3n) is 5.49. The van der Waals surface area contributed by atoms with Crippen molar-refractivity contribution >= 4 is 11.9 Å². The lowest BCUT2D eigenvalue weighted by molar-refractivity contribution is -0.131. The molecule has 2 heterocycles. The van der Waals surface area contributed by atoms with E-state index in [0.29, 0.717) is 0 Å². The zero-order valence-corrected chi connectivity index (χ0v) is 17.1. The van der Waals surface area contributed by atoms with E-state index in [9.17, 15) is 9.59 Å². The molecular formula is C23H24N4O2. The molecule has 1 aliphatic rings. The van der Waals surface area contributed by atoms with Crippen LogP contribution in [0.4, 0.5) is 4.79 Å². The fourth-order valence-corrected chi connectivity index (χ4v) is 3.97. The van der Waals surface area contributed by atoms with Crippen LogP contribution in [0.2, 0.25) is 0 Å². The Kier molecular flexibility index (Phi) is 4.49. The molecule has 6 heteroatoms. The predicted octanol–water partition coefficient (Wildman–Crippen LogP) is 3.76.